The Morgan fingerprint density at radius 3 is 2.50 bits per heavy atom. The van der Waals surface area contributed by atoms with E-state index in [1.807, 2.05) is 37.3 Å². The molecular formula is C21H27N7O3S. The van der Waals surface area contributed by atoms with E-state index in [1.165, 1.54) is 0 Å². The Morgan fingerprint density at radius 1 is 1.09 bits per heavy atom. The lowest BCUT2D eigenvalue weighted by Gasteiger charge is -2.31. The van der Waals surface area contributed by atoms with Gasteiger partial charge in [0, 0.05) is 25.4 Å². The molecule has 1 fully saturated rings. The molecule has 0 aliphatic carbocycles. The first-order valence-electron chi connectivity index (χ1n) is 10.7. The fraction of sp³-hybridized carbons (Fsp3) is 0.476. The summed E-state index contributed by atoms with van der Waals surface area (Å²) in [6, 6.07) is 9.82. The smallest absolute Gasteiger partial charge is 0.240 e. The van der Waals surface area contributed by atoms with Crippen molar-refractivity contribution in [1.82, 2.24) is 29.4 Å². The number of sulfonamides is 1. The molecule has 170 valence electrons. The van der Waals surface area contributed by atoms with Crippen LogP contribution in [0, 0.1) is 0 Å². The summed E-state index contributed by atoms with van der Waals surface area (Å²) in [7, 11) is -3.27. The van der Waals surface area contributed by atoms with Crippen molar-refractivity contribution < 1.29 is 12.9 Å². The second-order valence-corrected chi connectivity index (χ2v) is 10.3. The molecule has 2 aromatic heterocycles. The number of hydrogen-bond donors (Lipinski definition) is 1. The van der Waals surface area contributed by atoms with E-state index in [4.69, 9.17) is 10.3 Å². The molecule has 2 N–H and O–H groups in total. The summed E-state index contributed by atoms with van der Waals surface area (Å²) in [5.41, 5.74) is 6.93. The lowest BCUT2D eigenvalue weighted by Crippen LogP contribution is -2.42. The highest BCUT2D eigenvalue weighted by atomic mass is 32.2. The summed E-state index contributed by atoms with van der Waals surface area (Å²) in [6.45, 7) is 4.51. The van der Waals surface area contributed by atoms with Crippen molar-refractivity contribution in [3.63, 3.8) is 0 Å². The zero-order chi connectivity index (χ0) is 22.7. The highest BCUT2D eigenvalue weighted by Gasteiger charge is 2.33. The zero-order valence-corrected chi connectivity index (χ0v) is 19.0. The van der Waals surface area contributed by atoms with Crippen molar-refractivity contribution in [2.75, 3.05) is 18.8 Å². The molecule has 1 aliphatic heterocycles. The van der Waals surface area contributed by atoms with E-state index in [1.54, 1.807) is 11.2 Å². The van der Waals surface area contributed by atoms with Crippen molar-refractivity contribution in [2.24, 2.45) is 0 Å². The second-order valence-electron chi connectivity index (χ2n) is 7.99. The maximum absolute atomic E-state index is 12.6. The Hall–Kier alpha value is -2.92. The van der Waals surface area contributed by atoms with Crippen LogP contribution in [0.15, 0.2) is 34.9 Å². The molecule has 0 amide bonds. The van der Waals surface area contributed by atoms with Gasteiger partial charge in [-0.3, -0.25) is 0 Å². The normalized spacial score (nSPS) is 16.8. The van der Waals surface area contributed by atoms with Crippen LogP contribution >= 0.6 is 0 Å². The van der Waals surface area contributed by atoms with Gasteiger partial charge in [0.05, 0.1) is 5.25 Å². The topological polar surface area (TPSA) is 141 Å². The summed E-state index contributed by atoms with van der Waals surface area (Å²) < 4.78 is 32.2. The fourth-order valence-electron chi connectivity index (χ4n) is 3.71. The lowest BCUT2D eigenvalue weighted by molar-refractivity contribution is 0.269. The van der Waals surface area contributed by atoms with Crippen molar-refractivity contribution >= 4 is 16.0 Å². The van der Waals surface area contributed by atoms with Gasteiger partial charge < -0.3 is 10.3 Å². The number of rotatable bonds is 7. The van der Waals surface area contributed by atoms with Crippen LogP contribution < -0.4 is 5.73 Å². The molecule has 11 heteroatoms. The van der Waals surface area contributed by atoms with Gasteiger partial charge in [-0.2, -0.15) is 15.0 Å². The molecular weight excluding hydrogens is 430 g/mol. The monoisotopic (exact) mass is 457 g/mol. The van der Waals surface area contributed by atoms with E-state index in [-0.39, 0.29) is 28.8 Å². The van der Waals surface area contributed by atoms with Crippen LogP contribution in [0.5, 0.6) is 0 Å². The Morgan fingerprint density at radius 2 is 1.81 bits per heavy atom. The largest absolute Gasteiger partial charge is 0.368 e. The number of benzene rings is 1. The van der Waals surface area contributed by atoms with Gasteiger partial charge in [0.2, 0.25) is 33.5 Å². The molecule has 1 unspecified atom stereocenters. The number of piperidine rings is 1. The maximum atomic E-state index is 12.6. The Labute approximate surface area is 187 Å². The maximum Gasteiger partial charge on any atom is 0.240 e. The third kappa shape index (κ3) is 4.78. The van der Waals surface area contributed by atoms with Gasteiger partial charge in [-0.15, -0.1) is 0 Å². The van der Waals surface area contributed by atoms with E-state index in [0.717, 1.165) is 5.56 Å². The molecule has 1 saturated heterocycles. The first kappa shape index (κ1) is 22.3. The molecule has 4 rings (SSSR count). The van der Waals surface area contributed by atoms with Gasteiger partial charge >= 0.3 is 0 Å². The summed E-state index contributed by atoms with van der Waals surface area (Å²) in [5.74, 6) is 1.57. The highest BCUT2D eigenvalue weighted by Crippen LogP contribution is 2.30. The van der Waals surface area contributed by atoms with E-state index in [9.17, 15) is 8.42 Å². The van der Waals surface area contributed by atoms with Crippen molar-refractivity contribution in [2.45, 2.75) is 50.7 Å². The molecule has 1 aliphatic rings. The van der Waals surface area contributed by atoms with Crippen molar-refractivity contribution in [3.8, 4) is 11.6 Å². The number of hydrogen-bond acceptors (Lipinski definition) is 9. The first-order valence-corrected chi connectivity index (χ1v) is 12.2. The molecule has 10 nitrogen and oxygen atoms in total. The Balaban J connectivity index is 1.47. The summed E-state index contributed by atoms with van der Waals surface area (Å²) >= 11 is 0. The van der Waals surface area contributed by atoms with Gasteiger partial charge in [-0.25, -0.2) is 17.7 Å². The third-order valence-electron chi connectivity index (χ3n) is 5.79. The van der Waals surface area contributed by atoms with Crippen LogP contribution in [0.25, 0.3) is 11.6 Å². The highest BCUT2D eigenvalue weighted by molar-refractivity contribution is 7.89. The molecule has 0 saturated carbocycles. The van der Waals surface area contributed by atoms with Crippen LogP contribution in [0.2, 0.25) is 0 Å². The van der Waals surface area contributed by atoms with Crippen LogP contribution in [0.1, 0.15) is 56.3 Å². The predicted octanol–water partition coefficient (Wildman–Crippen LogP) is 2.40. The van der Waals surface area contributed by atoms with Crippen LogP contribution in [0.3, 0.4) is 0 Å². The Bertz CT molecular complexity index is 1160. The van der Waals surface area contributed by atoms with Crippen LogP contribution in [-0.2, 0) is 16.4 Å². The van der Waals surface area contributed by atoms with Crippen molar-refractivity contribution in [1.29, 1.82) is 0 Å². The van der Waals surface area contributed by atoms with Gasteiger partial charge in [0.15, 0.2) is 0 Å². The fourth-order valence-corrected chi connectivity index (χ4v) is 5.36. The van der Waals surface area contributed by atoms with Crippen molar-refractivity contribution in [3.05, 3.63) is 47.6 Å². The minimum atomic E-state index is -3.27. The molecule has 3 heterocycles. The summed E-state index contributed by atoms with van der Waals surface area (Å²) in [5, 5.41) is 3.65. The quantitative estimate of drug-likeness (QED) is 0.566. The van der Waals surface area contributed by atoms with Gasteiger partial charge in [0.1, 0.15) is 5.82 Å². The predicted molar refractivity (Wildman–Crippen MR) is 119 cm³/mol. The first-order chi connectivity index (χ1) is 15.4. The van der Waals surface area contributed by atoms with Gasteiger partial charge in [-0.05, 0) is 31.7 Å². The molecule has 32 heavy (non-hydrogen) atoms. The van der Waals surface area contributed by atoms with E-state index in [0.29, 0.717) is 50.5 Å². The SMILES string of the molecule is CCC(C)S(=O)(=O)N1CCC(c2nc(-c3nc(N)nc(Cc4ccccc4)n3)no2)CC1. The molecule has 1 atom stereocenters. The van der Waals surface area contributed by atoms with Crippen LogP contribution in [0.4, 0.5) is 5.95 Å². The number of nitrogen functional groups attached to an aromatic ring is 1. The standard InChI is InChI=1S/C21H27N7O3S/c1-3-14(2)32(29,30)28-11-9-16(10-12-28)20-25-19(27-31-20)18-23-17(24-21(22)26-18)13-15-7-5-4-6-8-15/h4-8,14,16H,3,9-13H2,1-2H3,(H2,22,23,24,26). The second kappa shape index (κ2) is 9.29. The third-order valence-corrected chi connectivity index (χ3v) is 8.23. The number of nitrogens with two attached hydrogens (primary N) is 1. The minimum absolute atomic E-state index is 0.0115. The average Bonchev–Trinajstić information content (AvgIpc) is 3.29. The number of aromatic nitrogens is 5. The lowest BCUT2D eigenvalue weighted by atomic mass is 9.98. The number of anilines is 1. The van der Waals surface area contributed by atoms with Gasteiger partial charge in [-0.1, -0.05) is 42.4 Å². The summed E-state index contributed by atoms with van der Waals surface area (Å²) in [6.07, 6.45) is 2.34. The molecule has 0 spiro atoms. The van der Waals surface area contributed by atoms with E-state index < -0.39 is 10.0 Å². The summed E-state index contributed by atoms with van der Waals surface area (Å²) in [4.78, 5) is 17.3. The molecule has 0 bridgehead atoms. The Kier molecular flexibility index (Phi) is 6.47. The molecule has 1 aromatic carbocycles. The molecule has 0 radical (unpaired) electrons. The average molecular weight is 458 g/mol. The van der Waals surface area contributed by atoms with E-state index in [2.05, 4.69) is 25.1 Å². The van der Waals surface area contributed by atoms with E-state index >= 15 is 0 Å². The minimum Gasteiger partial charge on any atom is -0.368 e. The van der Waals surface area contributed by atoms with Gasteiger partial charge in [0.25, 0.3) is 0 Å². The number of nitrogens with zero attached hydrogens (tertiary/aromatic N) is 6. The molecule has 3 aromatic rings. The zero-order valence-electron chi connectivity index (χ0n) is 18.2. The van der Waals surface area contributed by atoms with Crippen LogP contribution in [-0.4, -0.2) is 56.2 Å².